The van der Waals surface area contributed by atoms with Gasteiger partial charge in [0.05, 0.1) is 25.7 Å². The predicted octanol–water partition coefficient (Wildman–Crippen LogP) is 3.11. The lowest BCUT2D eigenvalue weighted by molar-refractivity contribution is -0.144. The molecule has 0 aromatic heterocycles. The monoisotopic (exact) mass is 447 g/mol. The van der Waals surface area contributed by atoms with Gasteiger partial charge in [-0.3, -0.25) is 9.59 Å². The number of carbonyl (C=O) groups is 2. The first kappa shape index (κ1) is 22.6. The second-order valence-corrected chi connectivity index (χ2v) is 9.10. The van der Waals surface area contributed by atoms with Crippen molar-refractivity contribution in [1.29, 1.82) is 0 Å². The molecule has 3 rings (SSSR count). The van der Waals surface area contributed by atoms with Crippen LogP contribution in [0, 0.1) is 0 Å². The summed E-state index contributed by atoms with van der Waals surface area (Å²) in [6.45, 7) is 5.16. The van der Waals surface area contributed by atoms with Gasteiger partial charge in [-0.15, -0.1) is 0 Å². The Morgan fingerprint density at radius 2 is 1.87 bits per heavy atom. The Morgan fingerprint density at radius 3 is 2.52 bits per heavy atom. The Balaban J connectivity index is 1.83. The summed E-state index contributed by atoms with van der Waals surface area (Å²) in [5.41, 5.74) is 1.26. The summed E-state index contributed by atoms with van der Waals surface area (Å²) in [5.74, 6) is -0.617. The zero-order valence-electron chi connectivity index (χ0n) is 17.9. The summed E-state index contributed by atoms with van der Waals surface area (Å²) in [5, 5.41) is 0. The lowest BCUT2D eigenvalue weighted by atomic mass is 9.96. The highest BCUT2D eigenvalue weighted by atomic mass is 32.2. The van der Waals surface area contributed by atoms with E-state index in [0.717, 1.165) is 0 Å². The fraction of sp³-hybridized carbons (Fsp3) is 0.364. The van der Waals surface area contributed by atoms with Gasteiger partial charge in [-0.05, 0) is 30.5 Å². The predicted molar refractivity (Wildman–Crippen MR) is 113 cm³/mol. The number of fused-ring (bicyclic) bond motifs is 1. The van der Waals surface area contributed by atoms with Crippen LogP contribution in [0.3, 0.4) is 0 Å². The molecule has 0 saturated carbocycles. The van der Waals surface area contributed by atoms with Crippen LogP contribution in [0.15, 0.2) is 41.3 Å². The van der Waals surface area contributed by atoms with Crippen LogP contribution in [0.5, 0.6) is 11.5 Å². The highest BCUT2D eigenvalue weighted by Crippen LogP contribution is 2.38. The Kier molecular flexibility index (Phi) is 6.54. The number of sulfonamides is 1. The van der Waals surface area contributed by atoms with Crippen molar-refractivity contribution in [1.82, 2.24) is 4.31 Å². The van der Waals surface area contributed by atoms with E-state index in [1.165, 1.54) is 13.2 Å². The van der Waals surface area contributed by atoms with Crippen LogP contribution in [0.25, 0.3) is 0 Å². The molecule has 0 fully saturated rings. The molecule has 9 heteroatoms. The van der Waals surface area contributed by atoms with Gasteiger partial charge < -0.3 is 14.2 Å². The third kappa shape index (κ3) is 4.36. The second kappa shape index (κ2) is 8.97. The van der Waals surface area contributed by atoms with Crippen molar-refractivity contribution in [2.45, 2.75) is 38.0 Å². The third-order valence-electron chi connectivity index (χ3n) is 4.92. The van der Waals surface area contributed by atoms with E-state index in [2.05, 4.69) is 0 Å². The SMILES string of the molecule is CCOc1cc(C(C)C)c2c(c1)S(=O)(=O)N(COC(=O)Cc1ccccc1OC)C2=O. The van der Waals surface area contributed by atoms with Gasteiger partial charge in [0.2, 0.25) is 0 Å². The number of methoxy groups -OCH3 is 1. The van der Waals surface area contributed by atoms with Gasteiger partial charge in [-0.25, -0.2) is 8.42 Å². The van der Waals surface area contributed by atoms with Crippen molar-refractivity contribution in [2.24, 2.45) is 0 Å². The van der Waals surface area contributed by atoms with Gasteiger partial charge in [0, 0.05) is 11.6 Å². The van der Waals surface area contributed by atoms with Crippen molar-refractivity contribution >= 4 is 21.9 Å². The standard InChI is InChI=1S/C22H25NO7S/c1-5-29-16-11-17(14(2)3)21-19(12-16)31(26,27)23(22(21)25)13-30-20(24)10-15-8-6-7-9-18(15)28-4/h6-9,11-12,14H,5,10,13H2,1-4H3. The highest BCUT2D eigenvalue weighted by Gasteiger charge is 2.44. The Labute approximate surface area is 181 Å². The zero-order chi connectivity index (χ0) is 22.8. The summed E-state index contributed by atoms with van der Waals surface area (Å²) < 4.78 is 42.5. The number of hydrogen-bond donors (Lipinski definition) is 0. The molecule has 31 heavy (non-hydrogen) atoms. The molecule has 8 nitrogen and oxygen atoms in total. The fourth-order valence-corrected chi connectivity index (χ4v) is 4.88. The lowest BCUT2D eigenvalue weighted by Gasteiger charge is -2.15. The van der Waals surface area contributed by atoms with E-state index < -0.39 is 28.6 Å². The molecule has 1 amide bonds. The number of ether oxygens (including phenoxy) is 3. The van der Waals surface area contributed by atoms with Gasteiger partial charge in [-0.1, -0.05) is 32.0 Å². The Bertz CT molecular complexity index is 1110. The average Bonchev–Trinajstić information content (AvgIpc) is 2.92. The van der Waals surface area contributed by atoms with E-state index in [0.29, 0.717) is 33.5 Å². The number of hydrogen-bond acceptors (Lipinski definition) is 7. The van der Waals surface area contributed by atoms with E-state index in [1.54, 1.807) is 37.3 Å². The van der Waals surface area contributed by atoms with Crippen molar-refractivity contribution in [3.8, 4) is 11.5 Å². The molecule has 2 aromatic carbocycles. The molecule has 2 aromatic rings. The number of para-hydroxylation sites is 1. The minimum Gasteiger partial charge on any atom is -0.496 e. The molecule has 0 bridgehead atoms. The van der Waals surface area contributed by atoms with Crippen LogP contribution in [-0.2, 0) is 26.0 Å². The lowest BCUT2D eigenvalue weighted by Crippen LogP contribution is -2.33. The zero-order valence-corrected chi connectivity index (χ0v) is 18.7. The van der Waals surface area contributed by atoms with Crippen LogP contribution in [0.4, 0.5) is 0 Å². The third-order valence-corrected chi connectivity index (χ3v) is 6.65. The largest absolute Gasteiger partial charge is 0.496 e. The molecule has 0 radical (unpaired) electrons. The van der Waals surface area contributed by atoms with Gasteiger partial charge in [0.15, 0.2) is 6.73 Å². The van der Waals surface area contributed by atoms with Crippen molar-refractivity contribution < 1.29 is 32.2 Å². The van der Waals surface area contributed by atoms with Crippen molar-refractivity contribution in [3.63, 3.8) is 0 Å². The molecule has 0 N–H and O–H groups in total. The van der Waals surface area contributed by atoms with Crippen molar-refractivity contribution in [2.75, 3.05) is 20.4 Å². The summed E-state index contributed by atoms with van der Waals surface area (Å²) in [7, 11) is -2.69. The van der Waals surface area contributed by atoms with E-state index >= 15 is 0 Å². The fourth-order valence-electron chi connectivity index (χ4n) is 3.42. The Hall–Kier alpha value is -3.07. The molecule has 0 atom stereocenters. The number of rotatable bonds is 8. The Morgan fingerprint density at radius 1 is 1.16 bits per heavy atom. The second-order valence-electron chi connectivity index (χ2n) is 7.27. The number of benzene rings is 2. The van der Waals surface area contributed by atoms with E-state index in [9.17, 15) is 18.0 Å². The summed E-state index contributed by atoms with van der Waals surface area (Å²) in [6.07, 6.45) is -0.120. The van der Waals surface area contributed by atoms with Gasteiger partial charge >= 0.3 is 5.97 Å². The number of nitrogens with zero attached hydrogens (tertiary/aromatic N) is 1. The van der Waals surface area contributed by atoms with Crippen LogP contribution >= 0.6 is 0 Å². The molecule has 1 aliphatic heterocycles. The first-order valence-electron chi connectivity index (χ1n) is 9.86. The summed E-state index contributed by atoms with van der Waals surface area (Å²) in [4.78, 5) is 25.2. The topological polar surface area (TPSA) is 99.2 Å². The minimum absolute atomic E-state index is 0.0965. The van der Waals surface area contributed by atoms with Crippen LogP contribution in [-0.4, -0.2) is 45.0 Å². The smallest absolute Gasteiger partial charge is 0.312 e. The van der Waals surface area contributed by atoms with E-state index in [1.807, 2.05) is 13.8 Å². The van der Waals surface area contributed by atoms with Gasteiger partial charge in [0.25, 0.3) is 15.9 Å². The molecular formula is C22H25NO7S. The normalized spacial score (nSPS) is 14.5. The average molecular weight is 448 g/mol. The number of carbonyl (C=O) groups excluding carboxylic acids is 2. The number of esters is 1. The van der Waals surface area contributed by atoms with E-state index in [-0.39, 0.29) is 22.8 Å². The maximum Gasteiger partial charge on any atom is 0.312 e. The summed E-state index contributed by atoms with van der Waals surface area (Å²) >= 11 is 0. The van der Waals surface area contributed by atoms with Crippen LogP contribution < -0.4 is 9.47 Å². The van der Waals surface area contributed by atoms with Crippen molar-refractivity contribution in [3.05, 3.63) is 53.1 Å². The van der Waals surface area contributed by atoms with E-state index in [4.69, 9.17) is 14.2 Å². The molecule has 0 unspecified atom stereocenters. The quantitative estimate of drug-likeness (QED) is 0.573. The maximum atomic E-state index is 13.0. The number of amides is 1. The first-order valence-corrected chi connectivity index (χ1v) is 11.3. The summed E-state index contributed by atoms with van der Waals surface area (Å²) in [6, 6.07) is 9.95. The maximum absolute atomic E-state index is 13.0. The minimum atomic E-state index is -4.17. The van der Waals surface area contributed by atoms with Gasteiger partial charge in [0.1, 0.15) is 16.4 Å². The molecule has 0 saturated heterocycles. The van der Waals surface area contributed by atoms with Crippen LogP contribution in [0.1, 0.15) is 48.2 Å². The molecule has 0 aliphatic carbocycles. The molecule has 0 spiro atoms. The molecule has 1 aliphatic rings. The van der Waals surface area contributed by atoms with Gasteiger partial charge in [-0.2, -0.15) is 4.31 Å². The molecular weight excluding hydrogens is 422 g/mol. The first-order chi connectivity index (χ1) is 14.7. The molecule has 1 heterocycles. The highest BCUT2D eigenvalue weighted by molar-refractivity contribution is 7.90. The van der Waals surface area contributed by atoms with Crippen LogP contribution in [0.2, 0.25) is 0 Å². The molecule has 166 valence electrons.